The summed E-state index contributed by atoms with van der Waals surface area (Å²) in [5, 5.41) is 3.21. The average molecular weight is 381 g/mol. The van der Waals surface area contributed by atoms with E-state index >= 15 is 0 Å². The predicted octanol–water partition coefficient (Wildman–Crippen LogP) is 2.74. The first kappa shape index (κ1) is 16.9. The zero-order valence-electron chi connectivity index (χ0n) is 13.4. The minimum absolute atomic E-state index is 0.0294. The maximum atomic E-state index is 12.5. The summed E-state index contributed by atoms with van der Waals surface area (Å²) >= 11 is 3.56. The molecule has 1 amide bonds. The van der Waals surface area contributed by atoms with E-state index in [2.05, 4.69) is 39.4 Å². The van der Waals surface area contributed by atoms with Gasteiger partial charge in [-0.25, -0.2) is 0 Å². The van der Waals surface area contributed by atoms with Gasteiger partial charge in [-0.15, -0.1) is 0 Å². The second-order valence-corrected chi connectivity index (χ2v) is 7.81. The largest absolute Gasteiger partial charge is 0.381 e. The Morgan fingerprint density at radius 2 is 2.13 bits per heavy atom. The van der Waals surface area contributed by atoms with Crippen molar-refractivity contribution < 1.29 is 9.53 Å². The van der Waals surface area contributed by atoms with Gasteiger partial charge >= 0.3 is 0 Å². The molecule has 2 aliphatic rings. The van der Waals surface area contributed by atoms with Gasteiger partial charge in [0.2, 0.25) is 5.91 Å². The second kappa shape index (κ2) is 7.32. The number of halogens is 1. The van der Waals surface area contributed by atoms with Crippen LogP contribution in [0.25, 0.3) is 0 Å². The van der Waals surface area contributed by atoms with Gasteiger partial charge < -0.3 is 15.8 Å². The molecular formula is C18H25BrN2O2. The summed E-state index contributed by atoms with van der Waals surface area (Å²) in [7, 11) is 0. The minimum atomic E-state index is -0.0294. The molecule has 0 radical (unpaired) electrons. The maximum Gasteiger partial charge on any atom is 0.223 e. The van der Waals surface area contributed by atoms with E-state index in [1.54, 1.807) is 0 Å². The number of hydrogen-bond donors (Lipinski definition) is 2. The van der Waals surface area contributed by atoms with Crippen LogP contribution in [0.1, 0.15) is 37.7 Å². The Morgan fingerprint density at radius 3 is 2.78 bits per heavy atom. The monoisotopic (exact) mass is 380 g/mol. The molecule has 2 unspecified atom stereocenters. The first-order valence-electron chi connectivity index (χ1n) is 8.46. The Hall–Kier alpha value is -0.910. The molecule has 1 saturated heterocycles. The summed E-state index contributed by atoms with van der Waals surface area (Å²) in [5.41, 5.74) is 7.18. The lowest BCUT2D eigenvalue weighted by molar-refractivity contribution is -0.125. The van der Waals surface area contributed by atoms with Crippen molar-refractivity contribution in [1.29, 1.82) is 0 Å². The van der Waals surface area contributed by atoms with E-state index in [4.69, 9.17) is 10.5 Å². The van der Waals surface area contributed by atoms with E-state index in [0.717, 1.165) is 49.8 Å². The van der Waals surface area contributed by atoms with Gasteiger partial charge in [0.15, 0.2) is 0 Å². The van der Waals surface area contributed by atoms with E-state index in [0.29, 0.717) is 6.54 Å². The molecule has 0 spiro atoms. The normalized spacial score (nSPS) is 26.9. The summed E-state index contributed by atoms with van der Waals surface area (Å²) in [5.74, 6) is 0.253. The summed E-state index contributed by atoms with van der Waals surface area (Å²) in [4.78, 5) is 12.5. The predicted molar refractivity (Wildman–Crippen MR) is 94.2 cm³/mol. The molecule has 4 nitrogen and oxygen atoms in total. The number of carbonyl (C=O) groups excluding carboxylic acids is 1. The van der Waals surface area contributed by atoms with Gasteiger partial charge in [-0.1, -0.05) is 28.1 Å². The van der Waals surface area contributed by atoms with Crippen molar-refractivity contribution in [3.8, 4) is 0 Å². The van der Waals surface area contributed by atoms with E-state index in [9.17, 15) is 4.79 Å². The topological polar surface area (TPSA) is 64.4 Å². The fourth-order valence-corrected chi connectivity index (χ4v) is 4.20. The molecular weight excluding hydrogens is 356 g/mol. The van der Waals surface area contributed by atoms with Crippen LogP contribution in [0.2, 0.25) is 0 Å². The standard InChI is InChI=1S/C18H25BrN2O2/c19-15-3-1-2-14(11-15)18(6-8-23-9-7-18)12-21-17(22)13-4-5-16(20)10-13/h1-3,11,13,16H,4-10,12,20H2,(H,21,22). The highest BCUT2D eigenvalue weighted by molar-refractivity contribution is 9.10. The Bertz CT molecular complexity index is 558. The van der Waals surface area contributed by atoms with E-state index in [1.807, 2.05) is 6.07 Å². The number of hydrogen-bond acceptors (Lipinski definition) is 3. The molecule has 1 aliphatic carbocycles. The van der Waals surface area contributed by atoms with Crippen molar-refractivity contribution in [3.05, 3.63) is 34.3 Å². The van der Waals surface area contributed by atoms with Crippen LogP contribution in [0, 0.1) is 5.92 Å². The van der Waals surface area contributed by atoms with Crippen molar-refractivity contribution in [1.82, 2.24) is 5.32 Å². The lowest BCUT2D eigenvalue weighted by Gasteiger charge is -2.38. The van der Waals surface area contributed by atoms with Crippen LogP contribution < -0.4 is 11.1 Å². The van der Waals surface area contributed by atoms with Crippen LogP contribution in [0.15, 0.2) is 28.7 Å². The van der Waals surface area contributed by atoms with Gasteiger partial charge in [-0.05, 0) is 49.8 Å². The molecule has 23 heavy (non-hydrogen) atoms. The number of ether oxygens (including phenoxy) is 1. The average Bonchev–Trinajstić information content (AvgIpc) is 3.00. The summed E-state index contributed by atoms with van der Waals surface area (Å²) in [6.45, 7) is 2.17. The lowest BCUT2D eigenvalue weighted by Crippen LogP contribution is -2.46. The molecule has 5 heteroatoms. The molecule has 1 heterocycles. The number of amides is 1. The van der Waals surface area contributed by atoms with Gasteiger partial charge in [0.25, 0.3) is 0 Å². The van der Waals surface area contributed by atoms with Crippen LogP contribution in [0.3, 0.4) is 0 Å². The summed E-state index contributed by atoms with van der Waals surface area (Å²) in [6.07, 6.45) is 4.57. The number of nitrogens with one attached hydrogen (secondary N) is 1. The van der Waals surface area contributed by atoms with Gasteiger partial charge in [0, 0.05) is 41.6 Å². The minimum Gasteiger partial charge on any atom is -0.381 e. The van der Waals surface area contributed by atoms with Gasteiger partial charge in [-0.3, -0.25) is 4.79 Å². The summed E-state index contributed by atoms with van der Waals surface area (Å²) in [6, 6.07) is 8.62. The van der Waals surface area contributed by atoms with Crippen LogP contribution in [-0.4, -0.2) is 31.7 Å². The fourth-order valence-electron chi connectivity index (χ4n) is 3.80. The highest BCUT2D eigenvalue weighted by Gasteiger charge is 2.36. The first-order chi connectivity index (χ1) is 11.1. The molecule has 126 valence electrons. The molecule has 3 rings (SSSR count). The summed E-state index contributed by atoms with van der Waals surface area (Å²) < 4.78 is 6.63. The number of carbonyl (C=O) groups is 1. The van der Waals surface area contributed by atoms with Crippen molar-refractivity contribution in [2.75, 3.05) is 19.8 Å². The molecule has 1 aliphatic heterocycles. The third-order valence-corrected chi connectivity index (χ3v) is 5.83. The van der Waals surface area contributed by atoms with Crippen LogP contribution >= 0.6 is 15.9 Å². The van der Waals surface area contributed by atoms with E-state index < -0.39 is 0 Å². The molecule has 0 aromatic heterocycles. The lowest BCUT2D eigenvalue weighted by atomic mass is 9.74. The van der Waals surface area contributed by atoms with Gasteiger partial charge in [-0.2, -0.15) is 0 Å². The van der Waals surface area contributed by atoms with E-state index in [1.165, 1.54) is 5.56 Å². The van der Waals surface area contributed by atoms with Crippen LogP contribution in [0.5, 0.6) is 0 Å². The molecule has 1 aromatic carbocycles. The van der Waals surface area contributed by atoms with Gasteiger partial charge in [0.05, 0.1) is 0 Å². The second-order valence-electron chi connectivity index (χ2n) is 6.89. The highest BCUT2D eigenvalue weighted by atomic mass is 79.9. The fraction of sp³-hybridized carbons (Fsp3) is 0.611. The van der Waals surface area contributed by atoms with Crippen molar-refractivity contribution in [2.24, 2.45) is 11.7 Å². The molecule has 1 saturated carbocycles. The molecule has 2 fully saturated rings. The Balaban J connectivity index is 1.71. The molecule has 0 bridgehead atoms. The Morgan fingerprint density at radius 1 is 1.35 bits per heavy atom. The Labute approximate surface area is 146 Å². The smallest absolute Gasteiger partial charge is 0.223 e. The van der Waals surface area contributed by atoms with Crippen LogP contribution in [-0.2, 0) is 14.9 Å². The van der Waals surface area contributed by atoms with Crippen molar-refractivity contribution in [2.45, 2.75) is 43.6 Å². The number of benzene rings is 1. The van der Waals surface area contributed by atoms with Crippen LogP contribution in [0.4, 0.5) is 0 Å². The SMILES string of the molecule is NC1CCC(C(=O)NCC2(c3cccc(Br)c3)CCOCC2)C1. The zero-order valence-corrected chi connectivity index (χ0v) is 15.0. The molecule has 2 atom stereocenters. The third-order valence-electron chi connectivity index (χ3n) is 5.33. The van der Waals surface area contributed by atoms with E-state index in [-0.39, 0.29) is 23.3 Å². The number of nitrogens with two attached hydrogens (primary N) is 1. The third kappa shape index (κ3) is 3.95. The van der Waals surface area contributed by atoms with Crippen molar-refractivity contribution in [3.63, 3.8) is 0 Å². The molecule has 3 N–H and O–H groups in total. The number of rotatable bonds is 4. The zero-order chi connectivity index (χ0) is 16.3. The van der Waals surface area contributed by atoms with Crippen molar-refractivity contribution >= 4 is 21.8 Å². The first-order valence-corrected chi connectivity index (χ1v) is 9.25. The molecule has 1 aromatic rings. The van der Waals surface area contributed by atoms with Gasteiger partial charge in [0.1, 0.15) is 0 Å². The Kier molecular flexibility index (Phi) is 5.39. The highest BCUT2D eigenvalue weighted by Crippen LogP contribution is 2.35. The quantitative estimate of drug-likeness (QED) is 0.843. The maximum absolute atomic E-state index is 12.5.